The van der Waals surface area contributed by atoms with Gasteiger partial charge < -0.3 is 10.6 Å². The lowest BCUT2D eigenvalue weighted by Crippen LogP contribution is -2.53. The SMILES string of the molecule is CCNC(=NCc1sccc1C)NCC(C)(C)NS(C)(=O)=O. The smallest absolute Gasteiger partial charge is 0.209 e. The molecule has 0 atom stereocenters. The number of hydrogen-bond donors (Lipinski definition) is 3. The zero-order valence-corrected chi connectivity index (χ0v) is 15.5. The van der Waals surface area contributed by atoms with Gasteiger partial charge in [0.25, 0.3) is 0 Å². The summed E-state index contributed by atoms with van der Waals surface area (Å²) in [7, 11) is -3.24. The number of thiophene rings is 1. The predicted octanol–water partition coefficient (Wildman–Crippen LogP) is 1.44. The quantitative estimate of drug-likeness (QED) is 0.515. The van der Waals surface area contributed by atoms with Gasteiger partial charge in [-0.15, -0.1) is 11.3 Å². The van der Waals surface area contributed by atoms with Crippen molar-refractivity contribution >= 4 is 27.3 Å². The van der Waals surface area contributed by atoms with Crippen LogP contribution in [0.25, 0.3) is 0 Å². The molecular formula is C14H26N4O2S2. The van der Waals surface area contributed by atoms with Crippen LogP contribution in [0.1, 0.15) is 31.2 Å². The van der Waals surface area contributed by atoms with Crippen LogP contribution in [0, 0.1) is 6.92 Å². The third-order valence-electron chi connectivity index (χ3n) is 2.85. The Morgan fingerprint density at radius 2 is 2.05 bits per heavy atom. The number of nitrogens with zero attached hydrogens (tertiary/aromatic N) is 1. The summed E-state index contributed by atoms with van der Waals surface area (Å²) < 4.78 is 25.3. The molecule has 126 valence electrons. The average Bonchev–Trinajstić information content (AvgIpc) is 2.75. The number of nitrogens with one attached hydrogen (secondary N) is 3. The fraction of sp³-hybridized carbons (Fsp3) is 0.643. The molecule has 0 aliphatic rings. The zero-order chi connectivity index (χ0) is 16.8. The number of guanidine groups is 1. The van der Waals surface area contributed by atoms with Crippen LogP contribution in [0.4, 0.5) is 0 Å². The first-order valence-corrected chi connectivity index (χ1v) is 9.94. The van der Waals surface area contributed by atoms with Gasteiger partial charge >= 0.3 is 0 Å². The maximum absolute atomic E-state index is 11.4. The average molecular weight is 347 g/mol. The third kappa shape index (κ3) is 7.24. The van der Waals surface area contributed by atoms with Gasteiger partial charge in [-0.1, -0.05) is 0 Å². The molecule has 0 aliphatic carbocycles. The fourth-order valence-electron chi connectivity index (χ4n) is 1.90. The van der Waals surface area contributed by atoms with Gasteiger partial charge in [0, 0.05) is 23.5 Å². The summed E-state index contributed by atoms with van der Waals surface area (Å²) in [6, 6.07) is 2.08. The predicted molar refractivity (Wildman–Crippen MR) is 93.9 cm³/mol. The lowest BCUT2D eigenvalue weighted by Gasteiger charge is -2.26. The molecule has 1 aromatic rings. The van der Waals surface area contributed by atoms with E-state index in [1.165, 1.54) is 10.4 Å². The molecule has 0 radical (unpaired) electrons. The second-order valence-electron chi connectivity index (χ2n) is 5.83. The molecule has 0 unspecified atom stereocenters. The Morgan fingerprint density at radius 1 is 1.36 bits per heavy atom. The van der Waals surface area contributed by atoms with Gasteiger partial charge in [-0.25, -0.2) is 18.1 Å². The summed E-state index contributed by atoms with van der Waals surface area (Å²) in [5.41, 5.74) is 0.645. The second kappa shape index (κ2) is 7.94. The standard InChI is InChI=1S/C14H26N4O2S2/c1-6-15-13(16-9-12-11(2)7-8-21-12)17-10-14(3,4)18-22(5,19)20/h7-8,18H,6,9-10H2,1-5H3,(H2,15,16,17). The highest BCUT2D eigenvalue weighted by Crippen LogP contribution is 2.16. The molecular weight excluding hydrogens is 320 g/mol. The van der Waals surface area contributed by atoms with E-state index in [0.717, 1.165) is 12.8 Å². The van der Waals surface area contributed by atoms with Gasteiger partial charge in [0.05, 0.1) is 12.8 Å². The fourth-order valence-corrected chi connectivity index (χ4v) is 3.81. The molecule has 1 aromatic heterocycles. The monoisotopic (exact) mass is 346 g/mol. The van der Waals surface area contributed by atoms with E-state index in [1.807, 2.05) is 20.8 Å². The number of rotatable bonds is 7. The molecule has 0 saturated heterocycles. The molecule has 3 N–H and O–H groups in total. The van der Waals surface area contributed by atoms with Crippen LogP contribution in [-0.2, 0) is 16.6 Å². The van der Waals surface area contributed by atoms with Crippen LogP contribution in [-0.4, -0.2) is 39.3 Å². The second-order valence-corrected chi connectivity index (χ2v) is 8.58. The van der Waals surface area contributed by atoms with E-state index in [0.29, 0.717) is 19.0 Å². The number of sulfonamides is 1. The number of hydrogen-bond acceptors (Lipinski definition) is 4. The Kier molecular flexibility index (Phi) is 6.83. The molecule has 22 heavy (non-hydrogen) atoms. The van der Waals surface area contributed by atoms with Crippen molar-refractivity contribution in [2.45, 2.75) is 39.8 Å². The van der Waals surface area contributed by atoms with E-state index >= 15 is 0 Å². The van der Waals surface area contributed by atoms with Crippen molar-refractivity contribution in [2.75, 3.05) is 19.3 Å². The summed E-state index contributed by atoms with van der Waals surface area (Å²) in [4.78, 5) is 5.77. The van der Waals surface area contributed by atoms with Crippen molar-refractivity contribution in [3.8, 4) is 0 Å². The van der Waals surface area contributed by atoms with Gasteiger partial charge in [0.1, 0.15) is 0 Å². The lowest BCUT2D eigenvalue weighted by molar-refractivity contribution is 0.446. The molecule has 8 heteroatoms. The Hall–Kier alpha value is -1.12. The molecule has 0 aliphatic heterocycles. The van der Waals surface area contributed by atoms with Crippen LogP contribution in [0.15, 0.2) is 16.4 Å². The van der Waals surface area contributed by atoms with Crippen LogP contribution >= 0.6 is 11.3 Å². The van der Waals surface area contributed by atoms with Gasteiger partial charge in [-0.3, -0.25) is 0 Å². The lowest BCUT2D eigenvalue weighted by atomic mass is 10.1. The van der Waals surface area contributed by atoms with Crippen LogP contribution in [0.5, 0.6) is 0 Å². The van der Waals surface area contributed by atoms with Crippen molar-refractivity contribution in [3.63, 3.8) is 0 Å². The highest BCUT2D eigenvalue weighted by Gasteiger charge is 2.22. The minimum Gasteiger partial charge on any atom is -0.357 e. The Labute approximate surface area is 137 Å². The van der Waals surface area contributed by atoms with E-state index in [9.17, 15) is 8.42 Å². The van der Waals surface area contributed by atoms with Crippen molar-refractivity contribution < 1.29 is 8.42 Å². The Morgan fingerprint density at radius 3 is 2.55 bits per heavy atom. The van der Waals surface area contributed by atoms with Crippen LogP contribution in [0.2, 0.25) is 0 Å². The van der Waals surface area contributed by atoms with Crippen molar-refractivity contribution in [1.82, 2.24) is 15.4 Å². The molecule has 0 amide bonds. The summed E-state index contributed by atoms with van der Waals surface area (Å²) in [5, 5.41) is 8.40. The number of aryl methyl sites for hydroxylation is 1. The molecule has 1 rings (SSSR count). The topological polar surface area (TPSA) is 82.6 Å². The molecule has 6 nitrogen and oxygen atoms in total. The summed E-state index contributed by atoms with van der Waals surface area (Å²) in [6.45, 7) is 9.51. The normalized spacial score (nSPS) is 13.2. The van der Waals surface area contributed by atoms with E-state index in [4.69, 9.17) is 0 Å². The summed E-state index contributed by atoms with van der Waals surface area (Å²) in [5.74, 6) is 0.679. The zero-order valence-electron chi connectivity index (χ0n) is 13.9. The van der Waals surface area contributed by atoms with Crippen molar-refractivity contribution in [3.05, 3.63) is 21.9 Å². The molecule has 0 aromatic carbocycles. The number of aliphatic imine (C=N–C) groups is 1. The van der Waals surface area contributed by atoms with Crippen LogP contribution in [0.3, 0.4) is 0 Å². The van der Waals surface area contributed by atoms with E-state index in [1.54, 1.807) is 11.3 Å². The van der Waals surface area contributed by atoms with E-state index in [2.05, 4.69) is 38.7 Å². The van der Waals surface area contributed by atoms with Gasteiger partial charge in [0.15, 0.2) is 5.96 Å². The minimum absolute atomic E-state index is 0.440. The molecule has 0 bridgehead atoms. The Bertz CT molecular complexity index is 606. The Balaban J connectivity index is 2.66. The molecule has 0 saturated carbocycles. The van der Waals surface area contributed by atoms with E-state index in [-0.39, 0.29) is 0 Å². The first kappa shape index (κ1) is 18.9. The van der Waals surface area contributed by atoms with Crippen molar-refractivity contribution in [1.29, 1.82) is 0 Å². The minimum atomic E-state index is -3.24. The van der Waals surface area contributed by atoms with Crippen LogP contribution < -0.4 is 15.4 Å². The van der Waals surface area contributed by atoms with Crippen molar-refractivity contribution in [2.24, 2.45) is 4.99 Å². The molecule has 0 fully saturated rings. The largest absolute Gasteiger partial charge is 0.357 e. The maximum Gasteiger partial charge on any atom is 0.209 e. The van der Waals surface area contributed by atoms with E-state index < -0.39 is 15.6 Å². The highest BCUT2D eigenvalue weighted by molar-refractivity contribution is 7.88. The maximum atomic E-state index is 11.4. The first-order chi connectivity index (χ1) is 10.1. The van der Waals surface area contributed by atoms with Gasteiger partial charge in [-0.2, -0.15) is 0 Å². The summed E-state index contributed by atoms with van der Waals surface area (Å²) >= 11 is 1.69. The highest BCUT2D eigenvalue weighted by atomic mass is 32.2. The van der Waals surface area contributed by atoms with Gasteiger partial charge in [0.2, 0.25) is 10.0 Å². The first-order valence-electron chi connectivity index (χ1n) is 7.17. The summed E-state index contributed by atoms with van der Waals surface area (Å²) in [6.07, 6.45) is 1.16. The molecule has 1 heterocycles. The van der Waals surface area contributed by atoms with Gasteiger partial charge in [-0.05, 0) is 44.7 Å². The molecule has 0 spiro atoms. The third-order valence-corrected chi connectivity index (χ3v) is 4.78.